The van der Waals surface area contributed by atoms with Crippen molar-refractivity contribution in [1.29, 1.82) is 0 Å². The molecule has 0 radical (unpaired) electrons. The Labute approximate surface area is 78.7 Å². The van der Waals surface area contributed by atoms with Crippen LogP contribution in [0.3, 0.4) is 0 Å². The number of benzene rings is 1. The lowest BCUT2D eigenvalue weighted by Crippen LogP contribution is -1.91. The summed E-state index contributed by atoms with van der Waals surface area (Å²) in [6.07, 6.45) is 2.59. The van der Waals surface area contributed by atoms with Gasteiger partial charge in [-0.25, -0.2) is 0 Å². The highest BCUT2D eigenvalue weighted by atomic mass is 16.3. The third-order valence-corrected chi connectivity index (χ3v) is 1.97. The van der Waals surface area contributed by atoms with E-state index in [0.29, 0.717) is 11.4 Å². The van der Waals surface area contributed by atoms with E-state index in [1.54, 1.807) is 12.1 Å². The van der Waals surface area contributed by atoms with Crippen LogP contribution in [-0.4, -0.2) is 5.11 Å². The molecule has 0 aliphatic heterocycles. The van der Waals surface area contributed by atoms with Crippen molar-refractivity contribution in [3.8, 4) is 0 Å². The van der Waals surface area contributed by atoms with E-state index in [4.69, 9.17) is 5.73 Å². The van der Waals surface area contributed by atoms with Gasteiger partial charge in [0.15, 0.2) is 0 Å². The number of allylic oxidation sites excluding steroid dienone is 1. The smallest absolute Gasteiger partial charge is 0.118 e. The molecule has 1 aromatic rings. The first-order chi connectivity index (χ1) is 6.15. The van der Waals surface area contributed by atoms with Crippen molar-refractivity contribution in [2.75, 3.05) is 5.73 Å². The van der Waals surface area contributed by atoms with E-state index in [1.165, 1.54) is 0 Å². The molecule has 0 aliphatic carbocycles. The van der Waals surface area contributed by atoms with Crippen molar-refractivity contribution < 1.29 is 5.11 Å². The van der Waals surface area contributed by atoms with Crippen LogP contribution in [0.15, 0.2) is 24.3 Å². The second-order valence-electron chi connectivity index (χ2n) is 3.07. The van der Waals surface area contributed by atoms with Crippen LogP contribution in [0.4, 0.5) is 5.69 Å². The van der Waals surface area contributed by atoms with Gasteiger partial charge in [-0.2, -0.15) is 0 Å². The zero-order chi connectivity index (χ0) is 9.84. The summed E-state index contributed by atoms with van der Waals surface area (Å²) in [7, 11) is 0. The molecule has 0 aliphatic rings. The summed E-state index contributed by atoms with van der Waals surface area (Å²) in [6, 6.07) is 5.56. The molecular weight excluding hydrogens is 162 g/mol. The monoisotopic (exact) mass is 177 g/mol. The maximum atomic E-state index is 9.54. The van der Waals surface area contributed by atoms with Gasteiger partial charge in [0.1, 0.15) is 5.76 Å². The lowest BCUT2D eigenvalue weighted by Gasteiger charge is -2.03. The molecule has 1 aromatic carbocycles. The van der Waals surface area contributed by atoms with Crippen molar-refractivity contribution in [3.63, 3.8) is 0 Å². The lowest BCUT2D eigenvalue weighted by molar-refractivity contribution is 0.509. The first-order valence-corrected chi connectivity index (χ1v) is 4.40. The Morgan fingerprint density at radius 2 is 2.23 bits per heavy atom. The van der Waals surface area contributed by atoms with Crippen LogP contribution in [0, 0.1) is 6.92 Å². The molecular formula is C11H15NO. The SMILES string of the molecule is CC/C=C(/O)c1ccc(C)c(N)c1. The molecule has 0 bridgehead atoms. The first-order valence-electron chi connectivity index (χ1n) is 4.40. The maximum Gasteiger partial charge on any atom is 0.118 e. The number of aryl methyl sites for hydroxylation is 1. The van der Waals surface area contributed by atoms with Crippen LogP contribution in [-0.2, 0) is 0 Å². The van der Waals surface area contributed by atoms with Crippen molar-refractivity contribution in [1.82, 2.24) is 0 Å². The number of aliphatic hydroxyl groups excluding tert-OH is 1. The number of rotatable bonds is 2. The molecule has 0 saturated heterocycles. The van der Waals surface area contributed by atoms with Gasteiger partial charge in [0.25, 0.3) is 0 Å². The zero-order valence-corrected chi connectivity index (χ0v) is 8.04. The molecule has 0 saturated carbocycles. The van der Waals surface area contributed by atoms with Crippen molar-refractivity contribution in [2.45, 2.75) is 20.3 Å². The van der Waals surface area contributed by atoms with Gasteiger partial charge in [-0.1, -0.05) is 19.1 Å². The second-order valence-corrected chi connectivity index (χ2v) is 3.07. The van der Waals surface area contributed by atoms with E-state index >= 15 is 0 Å². The normalized spacial score (nSPS) is 11.7. The minimum absolute atomic E-state index is 0.300. The van der Waals surface area contributed by atoms with E-state index in [2.05, 4.69) is 0 Å². The molecule has 13 heavy (non-hydrogen) atoms. The first kappa shape index (κ1) is 9.65. The van der Waals surface area contributed by atoms with Gasteiger partial charge < -0.3 is 10.8 Å². The summed E-state index contributed by atoms with van der Waals surface area (Å²) in [5, 5.41) is 9.54. The molecule has 2 nitrogen and oxygen atoms in total. The maximum absolute atomic E-state index is 9.54. The van der Waals surface area contributed by atoms with Gasteiger partial charge in [0.05, 0.1) is 0 Å². The zero-order valence-electron chi connectivity index (χ0n) is 8.04. The summed E-state index contributed by atoms with van der Waals surface area (Å²) in [6.45, 7) is 3.92. The number of hydrogen-bond acceptors (Lipinski definition) is 2. The van der Waals surface area contributed by atoms with E-state index in [0.717, 1.165) is 17.5 Å². The summed E-state index contributed by atoms with van der Waals surface area (Å²) in [4.78, 5) is 0. The highest BCUT2D eigenvalue weighted by Crippen LogP contribution is 2.18. The Bertz CT molecular complexity index is 329. The Morgan fingerprint density at radius 3 is 2.77 bits per heavy atom. The molecule has 70 valence electrons. The summed E-state index contributed by atoms with van der Waals surface area (Å²) in [5.41, 5.74) is 8.25. The second kappa shape index (κ2) is 3.99. The van der Waals surface area contributed by atoms with Crippen LogP contribution in [0.5, 0.6) is 0 Å². The number of nitrogens with two attached hydrogens (primary N) is 1. The lowest BCUT2D eigenvalue weighted by atomic mass is 10.1. The molecule has 3 N–H and O–H groups in total. The quantitative estimate of drug-likeness (QED) is 0.539. The number of nitrogen functional groups attached to an aromatic ring is 1. The fourth-order valence-corrected chi connectivity index (χ4v) is 1.11. The number of hydrogen-bond donors (Lipinski definition) is 2. The van der Waals surface area contributed by atoms with Gasteiger partial charge in [-0.15, -0.1) is 0 Å². The average molecular weight is 177 g/mol. The molecule has 2 heteroatoms. The van der Waals surface area contributed by atoms with Crippen LogP contribution >= 0.6 is 0 Å². The molecule has 0 spiro atoms. The highest BCUT2D eigenvalue weighted by molar-refractivity contribution is 5.64. The van der Waals surface area contributed by atoms with Crippen LogP contribution < -0.4 is 5.73 Å². The van der Waals surface area contributed by atoms with Crippen molar-refractivity contribution in [2.24, 2.45) is 0 Å². The van der Waals surface area contributed by atoms with Gasteiger partial charge in [-0.05, 0) is 31.1 Å². The third-order valence-electron chi connectivity index (χ3n) is 1.97. The Hall–Kier alpha value is -1.44. The summed E-state index contributed by atoms with van der Waals surface area (Å²) >= 11 is 0. The molecule has 0 fully saturated rings. The minimum Gasteiger partial charge on any atom is -0.508 e. The van der Waals surface area contributed by atoms with Crippen LogP contribution in [0.1, 0.15) is 24.5 Å². The largest absolute Gasteiger partial charge is 0.508 e. The number of aliphatic hydroxyl groups is 1. The molecule has 1 rings (SSSR count). The Kier molecular flexibility index (Phi) is 2.96. The Morgan fingerprint density at radius 1 is 1.54 bits per heavy atom. The predicted octanol–water partition coefficient (Wildman–Crippen LogP) is 2.89. The molecule has 0 heterocycles. The summed E-state index contributed by atoms with van der Waals surface area (Å²) < 4.78 is 0. The predicted molar refractivity (Wildman–Crippen MR) is 56.5 cm³/mol. The van der Waals surface area contributed by atoms with E-state index in [1.807, 2.05) is 26.0 Å². The highest BCUT2D eigenvalue weighted by Gasteiger charge is 1.99. The molecule has 0 aromatic heterocycles. The van der Waals surface area contributed by atoms with Gasteiger partial charge in [-0.3, -0.25) is 0 Å². The Balaban J connectivity index is 3.04. The molecule has 0 atom stereocenters. The fourth-order valence-electron chi connectivity index (χ4n) is 1.11. The summed E-state index contributed by atoms with van der Waals surface area (Å²) in [5.74, 6) is 0.300. The van der Waals surface area contributed by atoms with E-state index < -0.39 is 0 Å². The number of anilines is 1. The van der Waals surface area contributed by atoms with Crippen molar-refractivity contribution >= 4 is 11.4 Å². The van der Waals surface area contributed by atoms with E-state index in [-0.39, 0.29) is 0 Å². The standard InChI is InChI=1S/C11H15NO/c1-3-4-11(13)9-6-5-8(2)10(12)7-9/h4-7,13H,3,12H2,1-2H3/b11-4+. The van der Waals surface area contributed by atoms with Gasteiger partial charge in [0, 0.05) is 11.3 Å². The topological polar surface area (TPSA) is 46.2 Å². The minimum atomic E-state index is 0.300. The fraction of sp³-hybridized carbons (Fsp3) is 0.273. The van der Waals surface area contributed by atoms with E-state index in [9.17, 15) is 5.11 Å². The third kappa shape index (κ3) is 2.25. The average Bonchev–Trinajstić information content (AvgIpc) is 2.10. The molecule has 0 unspecified atom stereocenters. The van der Waals surface area contributed by atoms with Gasteiger partial charge in [0.2, 0.25) is 0 Å². The van der Waals surface area contributed by atoms with Crippen LogP contribution in [0.2, 0.25) is 0 Å². The molecule has 0 amide bonds. The van der Waals surface area contributed by atoms with Crippen LogP contribution in [0.25, 0.3) is 5.76 Å². The van der Waals surface area contributed by atoms with Crippen molar-refractivity contribution in [3.05, 3.63) is 35.4 Å². The van der Waals surface area contributed by atoms with Gasteiger partial charge >= 0.3 is 0 Å².